The minimum absolute atomic E-state index is 1.00. The summed E-state index contributed by atoms with van der Waals surface area (Å²) in [6, 6.07) is 0. The van der Waals surface area contributed by atoms with Crippen molar-refractivity contribution in [3.63, 3.8) is 0 Å². The first-order valence-electron chi connectivity index (χ1n) is 2.86. The van der Waals surface area contributed by atoms with Crippen LogP contribution in [0.25, 0.3) is 0 Å². The van der Waals surface area contributed by atoms with Gasteiger partial charge in [0.05, 0.1) is 0 Å². The molecule has 0 atom stereocenters. The highest BCUT2D eigenvalue weighted by atomic mass is 13.9. The Hall–Kier alpha value is -1.22. The van der Waals surface area contributed by atoms with Crippen LogP contribution in [0.4, 0.5) is 0 Å². The van der Waals surface area contributed by atoms with E-state index in [1.807, 2.05) is 19.1 Å². The van der Waals surface area contributed by atoms with Crippen LogP contribution < -0.4 is 0 Å². The summed E-state index contributed by atoms with van der Waals surface area (Å²) >= 11 is 0. The van der Waals surface area contributed by atoms with Crippen LogP contribution >= 0.6 is 0 Å². The maximum atomic E-state index is 3.61. The number of hydrogen-bond acceptors (Lipinski definition) is 0. The second-order valence-electron chi connectivity index (χ2n) is 1.93. The van der Waals surface area contributed by atoms with Gasteiger partial charge in [-0.3, -0.25) is 0 Å². The van der Waals surface area contributed by atoms with Crippen molar-refractivity contribution in [1.29, 1.82) is 0 Å². The highest BCUT2D eigenvalue weighted by Crippen LogP contribution is 2.03. The molecule has 0 aliphatic heterocycles. The van der Waals surface area contributed by atoms with Gasteiger partial charge in [-0.2, -0.15) is 0 Å². The van der Waals surface area contributed by atoms with Crippen molar-refractivity contribution in [2.75, 3.05) is 0 Å². The zero-order valence-corrected chi connectivity index (χ0v) is 5.44. The molecule has 0 saturated carbocycles. The van der Waals surface area contributed by atoms with Gasteiger partial charge < -0.3 is 0 Å². The predicted molar refractivity (Wildman–Crippen MR) is 39.1 cm³/mol. The fraction of sp³-hybridized carbons (Fsp3) is 0.111. The van der Waals surface area contributed by atoms with E-state index in [0.29, 0.717) is 0 Å². The average Bonchev–Trinajstić information content (AvgIpc) is 1.90. The lowest BCUT2D eigenvalue weighted by Crippen LogP contribution is -1.72. The normalized spacial score (nSPS) is 14.8. The number of hydrogen-bond donors (Lipinski definition) is 0. The van der Waals surface area contributed by atoms with Crippen molar-refractivity contribution in [3.05, 3.63) is 47.4 Å². The van der Waals surface area contributed by atoms with Crippen molar-refractivity contribution in [3.8, 4) is 0 Å². The molecule has 0 amide bonds. The fourth-order valence-corrected chi connectivity index (χ4v) is 0.588. The minimum atomic E-state index is 1.00. The molecule has 0 radical (unpaired) electrons. The summed E-state index contributed by atoms with van der Waals surface area (Å²) in [5, 5.41) is 0. The fourth-order valence-electron chi connectivity index (χ4n) is 0.588. The topological polar surface area (TPSA) is 0 Å². The quantitative estimate of drug-likeness (QED) is 0.461. The van der Waals surface area contributed by atoms with E-state index in [2.05, 4.69) is 18.0 Å². The summed E-state index contributed by atoms with van der Waals surface area (Å²) in [6.45, 7) is 5.60. The Bertz CT molecular complexity index is 252. The van der Waals surface area contributed by atoms with E-state index >= 15 is 0 Å². The van der Waals surface area contributed by atoms with E-state index in [9.17, 15) is 0 Å². The van der Waals surface area contributed by atoms with Gasteiger partial charge in [-0.25, -0.2) is 0 Å². The summed E-state index contributed by atoms with van der Waals surface area (Å²) in [5.74, 6) is 0. The number of allylic oxidation sites excluding steroid dienone is 5. The third-order valence-corrected chi connectivity index (χ3v) is 1.14. The zero-order chi connectivity index (χ0) is 6.69. The average molecular weight is 116 g/mol. The second kappa shape index (κ2) is 2.37. The molecule has 0 nitrogen and oxygen atoms in total. The van der Waals surface area contributed by atoms with Gasteiger partial charge >= 0.3 is 0 Å². The molecule has 0 saturated heterocycles. The molecule has 0 unspecified atom stereocenters. The third kappa shape index (κ3) is 1.33. The third-order valence-electron chi connectivity index (χ3n) is 1.14. The minimum Gasteiger partial charge on any atom is -0.0978 e. The molecule has 0 spiro atoms. The molecular formula is C9H8. The van der Waals surface area contributed by atoms with Crippen LogP contribution in [-0.2, 0) is 0 Å². The van der Waals surface area contributed by atoms with E-state index in [-0.39, 0.29) is 0 Å². The summed E-state index contributed by atoms with van der Waals surface area (Å²) in [4.78, 5) is 0. The van der Waals surface area contributed by atoms with Crippen molar-refractivity contribution >= 4 is 0 Å². The molecule has 0 aromatic heterocycles. The maximum absolute atomic E-state index is 3.61. The monoisotopic (exact) mass is 116 g/mol. The Labute approximate surface area is 55.2 Å². The maximum Gasteiger partial charge on any atom is 0.0243 e. The van der Waals surface area contributed by atoms with Crippen LogP contribution in [0.5, 0.6) is 0 Å². The van der Waals surface area contributed by atoms with E-state index in [1.54, 1.807) is 6.08 Å². The van der Waals surface area contributed by atoms with Crippen LogP contribution in [0.1, 0.15) is 6.92 Å². The van der Waals surface area contributed by atoms with Crippen LogP contribution in [-0.4, -0.2) is 0 Å². The largest absolute Gasteiger partial charge is 0.0978 e. The lowest BCUT2D eigenvalue weighted by Gasteiger charge is -1.90. The molecule has 0 heterocycles. The van der Waals surface area contributed by atoms with Gasteiger partial charge in [0.25, 0.3) is 0 Å². The molecule has 0 aromatic rings. The molecule has 0 fully saturated rings. The Morgan fingerprint density at radius 2 is 2.22 bits per heavy atom. The van der Waals surface area contributed by atoms with Crippen LogP contribution in [0.2, 0.25) is 0 Å². The first-order valence-corrected chi connectivity index (χ1v) is 2.86. The van der Waals surface area contributed by atoms with Gasteiger partial charge in [-0.1, -0.05) is 24.1 Å². The summed E-state index contributed by atoms with van der Waals surface area (Å²) in [7, 11) is 0. The molecular weight excluding hydrogens is 108 g/mol. The molecule has 1 aliphatic rings. The smallest absolute Gasteiger partial charge is 0.0243 e. The molecule has 9 heavy (non-hydrogen) atoms. The first-order chi connectivity index (χ1) is 4.33. The van der Waals surface area contributed by atoms with Crippen molar-refractivity contribution in [2.24, 2.45) is 0 Å². The van der Waals surface area contributed by atoms with E-state index < -0.39 is 0 Å². The molecule has 1 aliphatic carbocycles. The van der Waals surface area contributed by atoms with Gasteiger partial charge in [0.1, 0.15) is 0 Å². The standard InChI is InChI=1S/C9H8/c1-3-9-6-4-8(2)5-7-9/h3-4,6H,1H2,2H3. The molecule has 0 N–H and O–H groups in total. The van der Waals surface area contributed by atoms with Gasteiger partial charge in [0, 0.05) is 5.57 Å². The Morgan fingerprint density at radius 3 is 2.67 bits per heavy atom. The lowest BCUT2D eigenvalue weighted by molar-refractivity contribution is 1.51. The van der Waals surface area contributed by atoms with Crippen molar-refractivity contribution in [2.45, 2.75) is 6.92 Å². The Balaban J connectivity index is 3.17. The van der Waals surface area contributed by atoms with Crippen molar-refractivity contribution in [1.82, 2.24) is 0 Å². The zero-order valence-electron chi connectivity index (χ0n) is 5.44. The Kier molecular flexibility index (Phi) is 1.55. The van der Waals surface area contributed by atoms with E-state index in [0.717, 1.165) is 11.1 Å². The second-order valence-corrected chi connectivity index (χ2v) is 1.93. The van der Waals surface area contributed by atoms with E-state index in [4.69, 9.17) is 0 Å². The van der Waals surface area contributed by atoms with Gasteiger partial charge in [-0.05, 0) is 24.6 Å². The molecule has 44 valence electrons. The highest BCUT2D eigenvalue weighted by molar-refractivity contribution is 5.36. The summed E-state index contributed by atoms with van der Waals surface area (Å²) < 4.78 is 0. The molecule has 1 rings (SSSR count). The number of rotatable bonds is 1. The predicted octanol–water partition coefficient (Wildman–Crippen LogP) is 2.37. The van der Waals surface area contributed by atoms with Gasteiger partial charge in [0.2, 0.25) is 0 Å². The lowest BCUT2D eigenvalue weighted by atomic mass is 10.1. The van der Waals surface area contributed by atoms with Gasteiger partial charge in [-0.15, -0.1) is 0 Å². The van der Waals surface area contributed by atoms with Crippen molar-refractivity contribution < 1.29 is 0 Å². The van der Waals surface area contributed by atoms with E-state index in [1.165, 1.54) is 0 Å². The summed E-state index contributed by atoms with van der Waals surface area (Å²) in [5.41, 5.74) is 8.01. The highest BCUT2D eigenvalue weighted by Gasteiger charge is 1.85. The molecule has 0 aromatic carbocycles. The first kappa shape index (κ1) is 5.91. The van der Waals surface area contributed by atoms with Crippen LogP contribution in [0.3, 0.4) is 0 Å². The Morgan fingerprint density at radius 1 is 1.44 bits per heavy atom. The molecule has 0 bridgehead atoms. The molecule has 0 heteroatoms. The van der Waals surface area contributed by atoms with Gasteiger partial charge in [0.15, 0.2) is 0 Å². The summed E-state index contributed by atoms with van der Waals surface area (Å²) in [6.07, 6.45) is 5.72. The van der Waals surface area contributed by atoms with Crippen LogP contribution in [0, 0.1) is 0 Å². The SMILES string of the molecule is C=CC1=C=C=C(C)C=C1. The van der Waals surface area contributed by atoms with Crippen LogP contribution in [0.15, 0.2) is 47.4 Å².